The van der Waals surface area contributed by atoms with Crippen molar-refractivity contribution in [3.05, 3.63) is 59.0 Å². The quantitative estimate of drug-likeness (QED) is 0.631. The highest BCUT2D eigenvalue weighted by molar-refractivity contribution is 5.97. The van der Waals surface area contributed by atoms with E-state index < -0.39 is 24.1 Å². The zero-order chi connectivity index (χ0) is 25.7. The molecule has 8 nitrogen and oxygen atoms in total. The maximum atomic E-state index is 13.4. The van der Waals surface area contributed by atoms with Gasteiger partial charge < -0.3 is 24.7 Å². The summed E-state index contributed by atoms with van der Waals surface area (Å²) in [7, 11) is 1.63. The second kappa shape index (κ2) is 11.3. The molecule has 9 heteroatoms. The van der Waals surface area contributed by atoms with Crippen molar-refractivity contribution < 1.29 is 28.9 Å². The highest BCUT2D eigenvalue weighted by Crippen LogP contribution is 2.27. The van der Waals surface area contributed by atoms with E-state index in [2.05, 4.69) is 16.8 Å². The highest BCUT2D eigenvalue weighted by Gasteiger charge is 2.34. The average Bonchev–Trinajstić information content (AvgIpc) is 2.84. The lowest BCUT2D eigenvalue weighted by molar-refractivity contribution is 0.0313. The van der Waals surface area contributed by atoms with E-state index in [1.54, 1.807) is 24.9 Å². The molecule has 35 heavy (non-hydrogen) atoms. The van der Waals surface area contributed by atoms with Crippen LogP contribution in [0.25, 0.3) is 0 Å². The van der Waals surface area contributed by atoms with E-state index in [-0.39, 0.29) is 48.9 Å². The van der Waals surface area contributed by atoms with Gasteiger partial charge in [-0.05, 0) is 44.2 Å². The van der Waals surface area contributed by atoms with Crippen molar-refractivity contribution >= 4 is 11.8 Å². The largest absolute Gasteiger partial charge is 0.472 e. The molecule has 0 saturated carbocycles. The molecule has 2 amide bonds. The van der Waals surface area contributed by atoms with Crippen molar-refractivity contribution in [3.63, 3.8) is 0 Å². The fraction of sp³-hybridized carbons (Fsp3) is 0.423. The van der Waals surface area contributed by atoms with E-state index >= 15 is 0 Å². The van der Waals surface area contributed by atoms with Gasteiger partial charge in [-0.15, -0.1) is 0 Å². The molecule has 2 N–H and O–H groups in total. The standard InChI is InChI=1S/C26H30FN3O5/c1-16-13-30(17(2)15-31)26(34)22-11-19(6-5-18(3)32)12-28-24(22)35-23(16)14-29(4)25(33)20-7-9-21(27)10-8-20/h7-12,16-18,23,31-32H,13-15H2,1-4H3/t16-,17+,18-,23-/m0/s1. The van der Waals surface area contributed by atoms with E-state index in [9.17, 15) is 24.2 Å². The number of amides is 2. The number of carbonyl (C=O) groups is 2. The molecular formula is C26H30FN3O5. The molecule has 3 rings (SSSR count). The SMILES string of the molecule is C[C@H](O)C#Cc1cnc2c(c1)C(=O)N([C@H](C)CO)C[C@H](C)[C@H](CN(C)C(=O)c1ccc(F)cc1)O2. The molecule has 0 radical (unpaired) electrons. The summed E-state index contributed by atoms with van der Waals surface area (Å²) < 4.78 is 19.4. The van der Waals surface area contributed by atoms with Crippen molar-refractivity contribution in [2.24, 2.45) is 5.92 Å². The Bertz CT molecular complexity index is 1130. The van der Waals surface area contributed by atoms with Crippen molar-refractivity contribution in [2.45, 2.75) is 39.0 Å². The second-order valence-electron chi connectivity index (χ2n) is 8.84. The third kappa shape index (κ3) is 6.35. The summed E-state index contributed by atoms with van der Waals surface area (Å²) in [5.74, 6) is 4.23. The van der Waals surface area contributed by atoms with Crippen LogP contribution in [0.3, 0.4) is 0 Å². The first kappa shape index (κ1) is 26.1. The summed E-state index contributed by atoms with van der Waals surface area (Å²) in [5.41, 5.74) is 0.969. The Balaban J connectivity index is 1.94. The van der Waals surface area contributed by atoms with Gasteiger partial charge in [-0.2, -0.15) is 0 Å². The lowest BCUT2D eigenvalue weighted by Gasteiger charge is -2.37. The van der Waals surface area contributed by atoms with Gasteiger partial charge in [0.2, 0.25) is 5.88 Å². The Labute approximate surface area is 204 Å². The fourth-order valence-electron chi connectivity index (χ4n) is 3.74. The molecule has 0 aliphatic carbocycles. The summed E-state index contributed by atoms with van der Waals surface area (Å²) in [6.45, 7) is 5.43. The van der Waals surface area contributed by atoms with Crippen LogP contribution in [0.5, 0.6) is 5.88 Å². The fourth-order valence-corrected chi connectivity index (χ4v) is 3.74. The number of fused-ring (bicyclic) bond motifs is 1. The number of aliphatic hydroxyl groups is 2. The number of rotatable bonds is 5. The minimum Gasteiger partial charge on any atom is -0.472 e. The van der Waals surface area contributed by atoms with Gasteiger partial charge in [-0.1, -0.05) is 18.8 Å². The first-order valence-electron chi connectivity index (χ1n) is 11.4. The number of likely N-dealkylation sites (N-methyl/N-ethyl adjacent to an activating group) is 1. The lowest BCUT2D eigenvalue weighted by Crippen LogP contribution is -2.50. The van der Waals surface area contributed by atoms with E-state index in [1.165, 1.54) is 42.3 Å². The smallest absolute Gasteiger partial charge is 0.259 e. The van der Waals surface area contributed by atoms with Gasteiger partial charge in [0.05, 0.1) is 19.2 Å². The van der Waals surface area contributed by atoms with E-state index in [0.717, 1.165) is 0 Å². The number of nitrogens with zero attached hydrogens (tertiary/aromatic N) is 3. The van der Waals surface area contributed by atoms with Crippen molar-refractivity contribution in [2.75, 3.05) is 26.7 Å². The van der Waals surface area contributed by atoms with Crippen LogP contribution in [0, 0.1) is 23.6 Å². The van der Waals surface area contributed by atoms with Crippen LogP contribution in [-0.2, 0) is 0 Å². The average molecular weight is 484 g/mol. The normalized spacial score (nSPS) is 19.3. The molecule has 0 saturated heterocycles. The van der Waals surface area contributed by atoms with Gasteiger partial charge in [0.15, 0.2) is 0 Å². The molecule has 1 aliphatic rings. The molecule has 1 aromatic heterocycles. The minimum absolute atomic E-state index is 0.104. The van der Waals surface area contributed by atoms with Gasteiger partial charge >= 0.3 is 0 Å². The molecular weight excluding hydrogens is 453 g/mol. The van der Waals surface area contributed by atoms with E-state index in [4.69, 9.17) is 4.74 Å². The summed E-state index contributed by atoms with van der Waals surface area (Å²) in [4.78, 5) is 33.6. The van der Waals surface area contributed by atoms with Gasteiger partial charge in [-0.3, -0.25) is 9.59 Å². The molecule has 0 unspecified atom stereocenters. The van der Waals surface area contributed by atoms with Crippen molar-refractivity contribution in [1.29, 1.82) is 0 Å². The zero-order valence-corrected chi connectivity index (χ0v) is 20.2. The zero-order valence-electron chi connectivity index (χ0n) is 20.2. The van der Waals surface area contributed by atoms with Crippen LogP contribution >= 0.6 is 0 Å². The third-order valence-electron chi connectivity index (χ3n) is 5.84. The third-order valence-corrected chi connectivity index (χ3v) is 5.84. The summed E-state index contributed by atoms with van der Waals surface area (Å²) in [5, 5.41) is 19.2. The molecule has 0 bridgehead atoms. The monoisotopic (exact) mass is 483 g/mol. The second-order valence-corrected chi connectivity index (χ2v) is 8.84. The Morgan fingerprint density at radius 2 is 2.03 bits per heavy atom. The predicted molar refractivity (Wildman–Crippen MR) is 127 cm³/mol. The maximum absolute atomic E-state index is 13.4. The van der Waals surface area contributed by atoms with Crippen LogP contribution in [0.4, 0.5) is 4.39 Å². The van der Waals surface area contributed by atoms with Crippen molar-refractivity contribution in [3.8, 4) is 17.7 Å². The van der Waals surface area contributed by atoms with Gasteiger partial charge in [0, 0.05) is 36.8 Å². The number of hydrogen-bond donors (Lipinski definition) is 2. The maximum Gasteiger partial charge on any atom is 0.259 e. The molecule has 0 spiro atoms. The molecule has 1 aromatic carbocycles. The molecule has 186 valence electrons. The number of halogens is 1. The first-order chi connectivity index (χ1) is 16.6. The molecule has 4 atom stereocenters. The first-order valence-corrected chi connectivity index (χ1v) is 11.4. The Morgan fingerprint density at radius 1 is 1.34 bits per heavy atom. The van der Waals surface area contributed by atoms with Crippen LogP contribution in [0.15, 0.2) is 36.5 Å². The predicted octanol–water partition coefficient (Wildman–Crippen LogP) is 1.95. The summed E-state index contributed by atoms with van der Waals surface area (Å²) in [6, 6.07) is 6.40. The Morgan fingerprint density at radius 3 is 2.66 bits per heavy atom. The van der Waals surface area contributed by atoms with Crippen LogP contribution in [-0.4, -0.2) is 81.8 Å². The minimum atomic E-state index is -0.839. The molecule has 2 aromatic rings. The number of benzene rings is 1. The number of hydrogen-bond acceptors (Lipinski definition) is 6. The summed E-state index contributed by atoms with van der Waals surface area (Å²) >= 11 is 0. The Hall–Kier alpha value is -3.48. The van der Waals surface area contributed by atoms with Crippen LogP contribution < -0.4 is 4.74 Å². The number of carbonyl (C=O) groups excluding carboxylic acids is 2. The number of aromatic nitrogens is 1. The number of aliphatic hydroxyl groups excluding tert-OH is 2. The van der Waals surface area contributed by atoms with E-state index in [1.807, 2.05) is 6.92 Å². The van der Waals surface area contributed by atoms with Gasteiger partial charge in [0.1, 0.15) is 23.6 Å². The molecule has 2 heterocycles. The van der Waals surface area contributed by atoms with Crippen LogP contribution in [0.2, 0.25) is 0 Å². The van der Waals surface area contributed by atoms with Gasteiger partial charge in [-0.25, -0.2) is 9.37 Å². The lowest BCUT2D eigenvalue weighted by atomic mass is 9.99. The topological polar surface area (TPSA) is 103 Å². The Kier molecular flexibility index (Phi) is 8.43. The summed E-state index contributed by atoms with van der Waals surface area (Å²) in [6.07, 6.45) is 0.0960. The van der Waals surface area contributed by atoms with Gasteiger partial charge in [0.25, 0.3) is 11.8 Å². The molecule has 0 fully saturated rings. The van der Waals surface area contributed by atoms with Crippen LogP contribution in [0.1, 0.15) is 47.1 Å². The number of ether oxygens (including phenoxy) is 1. The number of pyridine rings is 1. The highest BCUT2D eigenvalue weighted by atomic mass is 19.1. The van der Waals surface area contributed by atoms with E-state index in [0.29, 0.717) is 11.1 Å². The van der Waals surface area contributed by atoms with Crippen molar-refractivity contribution in [1.82, 2.24) is 14.8 Å². The molecule has 1 aliphatic heterocycles.